The van der Waals surface area contributed by atoms with Gasteiger partial charge >= 0.3 is 5.63 Å². The molecule has 0 atom stereocenters. The Morgan fingerprint density at radius 2 is 2.00 bits per heavy atom. The van der Waals surface area contributed by atoms with Crippen molar-refractivity contribution in [3.05, 3.63) is 46.0 Å². The molecule has 0 aliphatic heterocycles. The zero-order chi connectivity index (χ0) is 14.1. The van der Waals surface area contributed by atoms with Gasteiger partial charge in [0.25, 0.3) is 0 Å². The molecular formula is C16H16O4. The molecule has 4 nitrogen and oxygen atoms in total. The minimum absolute atomic E-state index is 0.345. The molecule has 0 saturated heterocycles. The Bertz CT molecular complexity index is 810. The van der Waals surface area contributed by atoms with Gasteiger partial charge in [0.2, 0.25) is 0 Å². The van der Waals surface area contributed by atoms with Crippen LogP contribution < -0.4 is 5.63 Å². The zero-order valence-electron chi connectivity index (χ0n) is 11.6. The Kier molecular flexibility index (Phi) is 3.32. The molecule has 104 valence electrons. The van der Waals surface area contributed by atoms with E-state index < -0.39 is 0 Å². The molecule has 0 unspecified atom stereocenters. The van der Waals surface area contributed by atoms with Crippen molar-refractivity contribution in [2.45, 2.75) is 20.3 Å². The Hall–Kier alpha value is -2.07. The molecule has 3 rings (SSSR count). The number of rotatable bonds is 4. The fourth-order valence-corrected chi connectivity index (χ4v) is 2.44. The molecule has 0 amide bonds. The van der Waals surface area contributed by atoms with Crippen molar-refractivity contribution in [3.63, 3.8) is 0 Å². The minimum Gasteiger partial charge on any atom is -0.460 e. The van der Waals surface area contributed by atoms with Crippen molar-refractivity contribution in [2.75, 3.05) is 13.2 Å². The molecule has 4 heteroatoms. The topological polar surface area (TPSA) is 52.6 Å². The molecule has 0 spiro atoms. The standard InChI is InChI=1S/C16H16O4/c1-3-18-9-8-12-10(2)14-15(19-12)11-6-4-5-7-13(11)20-16(14)17/h4-7H,3,8-9H2,1-2H3. The third kappa shape index (κ3) is 2.02. The number of hydrogen-bond acceptors (Lipinski definition) is 4. The van der Waals surface area contributed by atoms with Crippen LogP contribution in [0.2, 0.25) is 0 Å². The first-order valence-corrected chi connectivity index (χ1v) is 6.74. The largest absolute Gasteiger partial charge is 0.460 e. The molecule has 1 aromatic carbocycles. The normalized spacial score (nSPS) is 11.5. The minimum atomic E-state index is -0.345. The number of hydrogen-bond donors (Lipinski definition) is 0. The summed E-state index contributed by atoms with van der Waals surface area (Å²) in [6.07, 6.45) is 0.655. The van der Waals surface area contributed by atoms with Crippen LogP contribution in [-0.2, 0) is 11.2 Å². The molecule has 0 bridgehead atoms. The van der Waals surface area contributed by atoms with E-state index in [1.165, 1.54) is 0 Å². The van der Waals surface area contributed by atoms with E-state index in [4.69, 9.17) is 13.6 Å². The van der Waals surface area contributed by atoms with Crippen molar-refractivity contribution < 1.29 is 13.6 Å². The van der Waals surface area contributed by atoms with Crippen LogP contribution in [0.3, 0.4) is 0 Å². The first-order valence-electron chi connectivity index (χ1n) is 6.74. The predicted octanol–water partition coefficient (Wildman–Crippen LogP) is 3.43. The Morgan fingerprint density at radius 3 is 2.80 bits per heavy atom. The van der Waals surface area contributed by atoms with E-state index >= 15 is 0 Å². The number of furan rings is 1. The fourth-order valence-electron chi connectivity index (χ4n) is 2.44. The van der Waals surface area contributed by atoms with Gasteiger partial charge in [-0.15, -0.1) is 0 Å². The molecule has 3 aromatic rings. The van der Waals surface area contributed by atoms with Gasteiger partial charge in [-0.25, -0.2) is 4.79 Å². The van der Waals surface area contributed by atoms with Crippen LogP contribution in [0.1, 0.15) is 18.2 Å². The van der Waals surface area contributed by atoms with Gasteiger partial charge in [0, 0.05) is 18.6 Å². The average Bonchev–Trinajstić information content (AvgIpc) is 2.78. The third-order valence-corrected chi connectivity index (χ3v) is 3.46. The molecule has 0 radical (unpaired) electrons. The molecule has 2 heterocycles. The van der Waals surface area contributed by atoms with Crippen molar-refractivity contribution in [2.24, 2.45) is 0 Å². The summed E-state index contributed by atoms with van der Waals surface area (Å²) in [6, 6.07) is 7.41. The van der Waals surface area contributed by atoms with E-state index in [1.807, 2.05) is 32.0 Å². The second-order valence-corrected chi connectivity index (χ2v) is 4.69. The summed E-state index contributed by atoms with van der Waals surface area (Å²) in [5, 5.41) is 1.36. The van der Waals surface area contributed by atoms with Crippen molar-refractivity contribution >= 4 is 21.9 Å². The van der Waals surface area contributed by atoms with Crippen LogP contribution in [0.25, 0.3) is 21.9 Å². The van der Waals surface area contributed by atoms with Crippen LogP contribution in [-0.4, -0.2) is 13.2 Å². The summed E-state index contributed by atoms with van der Waals surface area (Å²) < 4.78 is 16.6. The monoisotopic (exact) mass is 272 g/mol. The highest BCUT2D eigenvalue weighted by Crippen LogP contribution is 2.29. The summed E-state index contributed by atoms with van der Waals surface area (Å²) in [6.45, 7) is 5.09. The molecule has 0 aliphatic rings. The molecule has 20 heavy (non-hydrogen) atoms. The zero-order valence-corrected chi connectivity index (χ0v) is 11.6. The highest BCUT2D eigenvalue weighted by atomic mass is 16.5. The Balaban J connectivity index is 2.21. The molecule has 0 N–H and O–H groups in total. The summed E-state index contributed by atoms with van der Waals surface area (Å²) in [5.74, 6) is 0.789. The number of ether oxygens (including phenoxy) is 1. The third-order valence-electron chi connectivity index (χ3n) is 3.46. The van der Waals surface area contributed by atoms with E-state index in [1.54, 1.807) is 6.07 Å². The maximum atomic E-state index is 12.1. The van der Waals surface area contributed by atoms with Gasteiger partial charge in [0.1, 0.15) is 16.7 Å². The SMILES string of the molecule is CCOCCc1oc2c(c1C)c(=O)oc1ccccc12. The molecular weight excluding hydrogens is 256 g/mol. The van der Waals surface area contributed by atoms with E-state index in [-0.39, 0.29) is 5.63 Å². The second kappa shape index (κ2) is 5.13. The lowest BCUT2D eigenvalue weighted by atomic mass is 10.1. The van der Waals surface area contributed by atoms with E-state index in [9.17, 15) is 4.79 Å². The summed E-state index contributed by atoms with van der Waals surface area (Å²) >= 11 is 0. The smallest absolute Gasteiger partial charge is 0.347 e. The number of para-hydroxylation sites is 1. The number of aryl methyl sites for hydroxylation is 1. The lowest BCUT2D eigenvalue weighted by molar-refractivity contribution is 0.147. The maximum Gasteiger partial charge on any atom is 0.347 e. The van der Waals surface area contributed by atoms with Crippen LogP contribution in [0.15, 0.2) is 37.9 Å². The van der Waals surface area contributed by atoms with Crippen LogP contribution >= 0.6 is 0 Å². The second-order valence-electron chi connectivity index (χ2n) is 4.69. The summed E-state index contributed by atoms with van der Waals surface area (Å²) in [7, 11) is 0. The maximum absolute atomic E-state index is 12.1. The molecule has 2 aromatic heterocycles. The first-order chi connectivity index (χ1) is 9.72. The van der Waals surface area contributed by atoms with Gasteiger partial charge in [-0.1, -0.05) is 12.1 Å². The highest BCUT2D eigenvalue weighted by molar-refractivity contribution is 6.02. The molecule has 0 aliphatic carbocycles. The first kappa shape index (κ1) is 12.9. The van der Waals surface area contributed by atoms with Gasteiger partial charge in [-0.3, -0.25) is 0 Å². The predicted molar refractivity (Wildman–Crippen MR) is 77.2 cm³/mol. The van der Waals surface area contributed by atoms with Crippen LogP contribution in [0.5, 0.6) is 0 Å². The van der Waals surface area contributed by atoms with Gasteiger partial charge in [-0.05, 0) is 26.0 Å². The van der Waals surface area contributed by atoms with Crippen molar-refractivity contribution in [3.8, 4) is 0 Å². The Morgan fingerprint density at radius 1 is 1.20 bits per heavy atom. The number of fused-ring (bicyclic) bond motifs is 3. The quantitative estimate of drug-likeness (QED) is 0.539. The van der Waals surface area contributed by atoms with Gasteiger partial charge in [0.15, 0.2) is 5.58 Å². The Labute approximate surface area is 115 Å². The van der Waals surface area contributed by atoms with Crippen LogP contribution in [0.4, 0.5) is 0 Å². The number of benzene rings is 1. The molecule has 0 fully saturated rings. The lowest BCUT2D eigenvalue weighted by Crippen LogP contribution is -2.00. The highest BCUT2D eigenvalue weighted by Gasteiger charge is 2.17. The van der Waals surface area contributed by atoms with Crippen molar-refractivity contribution in [1.82, 2.24) is 0 Å². The summed E-state index contributed by atoms with van der Waals surface area (Å²) in [4.78, 5) is 12.1. The van der Waals surface area contributed by atoms with Crippen LogP contribution in [0, 0.1) is 6.92 Å². The summed E-state index contributed by atoms with van der Waals surface area (Å²) in [5.41, 5.74) is 1.66. The van der Waals surface area contributed by atoms with Gasteiger partial charge in [0.05, 0.1) is 12.0 Å². The van der Waals surface area contributed by atoms with E-state index in [2.05, 4.69) is 0 Å². The van der Waals surface area contributed by atoms with E-state index in [0.29, 0.717) is 36.2 Å². The van der Waals surface area contributed by atoms with E-state index in [0.717, 1.165) is 16.7 Å². The molecule has 0 saturated carbocycles. The average molecular weight is 272 g/mol. The van der Waals surface area contributed by atoms with Gasteiger partial charge in [-0.2, -0.15) is 0 Å². The van der Waals surface area contributed by atoms with Crippen molar-refractivity contribution in [1.29, 1.82) is 0 Å². The fraction of sp³-hybridized carbons (Fsp3) is 0.312. The lowest BCUT2D eigenvalue weighted by Gasteiger charge is -1.98. The van der Waals surface area contributed by atoms with Gasteiger partial charge < -0.3 is 13.6 Å².